The highest BCUT2D eigenvalue weighted by atomic mass is 32.1. The van der Waals surface area contributed by atoms with E-state index in [1.54, 1.807) is 25.1 Å². The van der Waals surface area contributed by atoms with Crippen molar-refractivity contribution in [2.75, 3.05) is 5.32 Å². The van der Waals surface area contributed by atoms with Crippen LogP contribution in [-0.2, 0) is 0 Å². The number of halogens is 1. The second kappa shape index (κ2) is 6.10. The molecule has 0 aliphatic heterocycles. The van der Waals surface area contributed by atoms with Gasteiger partial charge in [-0.2, -0.15) is 0 Å². The molecule has 0 spiro atoms. The van der Waals surface area contributed by atoms with Crippen LogP contribution >= 0.6 is 11.3 Å². The van der Waals surface area contributed by atoms with Gasteiger partial charge in [-0.25, -0.2) is 9.37 Å². The number of benzene rings is 1. The Balaban J connectivity index is 1.83. The van der Waals surface area contributed by atoms with E-state index in [4.69, 9.17) is 4.52 Å². The van der Waals surface area contributed by atoms with Crippen molar-refractivity contribution < 1.29 is 13.7 Å². The smallest absolute Gasteiger partial charge is 0.259 e. The van der Waals surface area contributed by atoms with E-state index >= 15 is 0 Å². The summed E-state index contributed by atoms with van der Waals surface area (Å²) in [7, 11) is 0. The van der Waals surface area contributed by atoms with Crippen LogP contribution in [0.1, 0.15) is 16.1 Å². The second-order valence-corrected chi connectivity index (χ2v) is 6.36. The third-order valence-electron chi connectivity index (χ3n) is 3.76. The summed E-state index contributed by atoms with van der Waals surface area (Å²) in [6, 6.07) is 11.5. The van der Waals surface area contributed by atoms with E-state index in [2.05, 4.69) is 15.5 Å². The second-order valence-electron chi connectivity index (χ2n) is 5.41. The van der Waals surface area contributed by atoms with Gasteiger partial charge in [-0.3, -0.25) is 4.79 Å². The van der Waals surface area contributed by atoms with Gasteiger partial charge in [0.1, 0.15) is 5.82 Å². The first-order chi connectivity index (χ1) is 12.1. The summed E-state index contributed by atoms with van der Waals surface area (Å²) in [4.78, 5) is 18.1. The number of hydrogen-bond donors (Lipinski definition) is 1. The van der Waals surface area contributed by atoms with Gasteiger partial charge in [-0.05, 0) is 36.6 Å². The van der Waals surface area contributed by atoms with Crippen molar-refractivity contribution >= 4 is 34.0 Å². The van der Waals surface area contributed by atoms with Crippen LogP contribution in [0.2, 0.25) is 0 Å². The molecule has 25 heavy (non-hydrogen) atoms. The Morgan fingerprint density at radius 1 is 1.24 bits per heavy atom. The average Bonchev–Trinajstić information content (AvgIpc) is 3.26. The third-order valence-corrected chi connectivity index (χ3v) is 4.65. The number of carbonyl (C=O) groups is 1. The lowest BCUT2D eigenvalue weighted by Crippen LogP contribution is -2.14. The number of aryl methyl sites for hydroxylation is 1. The number of hydrogen-bond acceptors (Lipinski definition) is 5. The number of rotatable bonds is 3. The fourth-order valence-corrected chi connectivity index (χ4v) is 3.26. The Kier molecular flexibility index (Phi) is 3.77. The summed E-state index contributed by atoms with van der Waals surface area (Å²) in [6.07, 6.45) is 0. The molecular weight excluding hydrogens is 341 g/mol. The van der Waals surface area contributed by atoms with Crippen molar-refractivity contribution in [2.24, 2.45) is 0 Å². The summed E-state index contributed by atoms with van der Waals surface area (Å²) in [5, 5.41) is 8.94. The summed E-state index contributed by atoms with van der Waals surface area (Å²) in [5.41, 5.74) is 1.90. The lowest BCUT2D eigenvalue weighted by Gasteiger charge is -2.08. The summed E-state index contributed by atoms with van der Waals surface area (Å²) >= 11 is 1.50. The number of thiophene rings is 1. The Hall–Kier alpha value is -3.06. The van der Waals surface area contributed by atoms with E-state index in [-0.39, 0.29) is 11.4 Å². The maximum atomic E-state index is 13.8. The predicted octanol–water partition coefficient (Wildman–Crippen LogP) is 4.65. The standard InChI is InChI=1S/C18H12FN3O2S/c1-10-16-11(17(23)20-13-6-3-2-5-12(13)19)9-14(15-7-4-8-25-15)21-18(16)24-22-10/h2-9H,1H3,(H,20,23). The van der Waals surface area contributed by atoms with Gasteiger partial charge in [0.2, 0.25) is 0 Å². The summed E-state index contributed by atoms with van der Waals surface area (Å²) < 4.78 is 19.1. The largest absolute Gasteiger partial charge is 0.335 e. The number of fused-ring (bicyclic) bond motifs is 1. The lowest BCUT2D eigenvalue weighted by atomic mass is 10.1. The monoisotopic (exact) mass is 353 g/mol. The van der Waals surface area contributed by atoms with Crippen LogP contribution in [0.4, 0.5) is 10.1 Å². The van der Waals surface area contributed by atoms with Crippen molar-refractivity contribution in [1.29, 1.82) is 0 Å². The first-order valence-corrected chi connectivity index (χ1v) is 8.38. The summed E-state index contributed by atoms with van der Waals surface area (Å²) in [5.74, 6) is -0.941. The molecule has 7 heteroatoms. The molecule has 0 unspecified atom stereocenters. The number of anilines is 1. The molecule has 1 N–H and O–H groups in total. The molecule has 0 fully saturated rings. The SMILES string of the molecule is Cc1noc2nc(-c3cccs3)cc(C(=O)Nc3ccccc3F)c12. The Labute approximate surface area is 146 Å². The zero-order valence-corrected chi connectivity index (χ0v) is 13.9. The van der Waals surface area contributed by atoms with E-state index in [1.165, 1.54) is 23.5 Å². The number of carbonyl (C=O) groups excluding carboxylic acids is 1. The summed E-state index contributed by atoms with van der Waals surface area (Å²) in [6.45, 7) is 1.73. The Bertz CT molecular complexity index is 1070. The highest BCUT2D eigenvalue weighted by molar-refractivity contribution is 7.13. The van der Waals surface area contributed by atoms with Gasteiger partial charge in [0.15, 0.2) is 0 Å². The number of nitrogens with one attached hydrogen (secondary N) is 1. The van der Waals surface area contributed by atoms with Crippen LogP contribution < -0.4 is 5.32 Å². The van der Waals surface area contributed by atoms with Gasteiger partial charge < -0.3 is 9.84 Å². The van der Waals surface area contributed by atoms with E-state index in [0.29, 0.717) is 22.3 Å². The maximum Gasteiger partial charge on any atom is 0.259 e. The average molecular weight is 353 g/mol. The minimum atomic E-state index is -0.498. The number of nitrogens with zero attached hydrogens (tertiary/aromatic N) is 2. The molecule has 5 nitrogen and oxygen atoms in total. The molecule has 0 atom stereocenters. The quantitative estimate of drug-likeness (QED) is 0.582. The van der Waals surface area contributed by atoms with Crippen molar-refractivity contribution in [3.8, 4) is 10.6 Å². The van der Waals surface area contributed by atoms with Crippen LogP contribution in [-0.4, -0.2) is 16.0 Å². The normalized spacial score (nSPS) is 11.0. The van der Waals surface area contributed by atoms with E-state index in [0.717, 1.165) is 4.88 Å². The fourth-order valence-electron chi connectivity index (χ4n) is 2.58. The Morgan fingerprint density at radius 2 is 2.08 bits per heavy atom. The van der Waals surface area contributed by atoms with Crippen LogP contribution in [0.15, 0.2) is 52.4 Å². The zero-order chi connectivity index (χ0) is 17.4. The molecule has 124 valence electrons. The molecule has 0 radical (unpaired) electrons. The van der Waals surface area contributed by atoms with Crippen molar-refractivity contribution in [1.82, 2.24) is 10.1 Å². The molecular formula is C18H12FN3O2S. The maximum absolute atomic E-state index is 13.8. The molecule has 3 heterocycles. The first kappa shape index (κ1) is 15.5. The van der Waals surface area contributed by atoms with Crippen molar-refractivity contribution in [3.05, 3.63) is 64.9 Å². The molecule has 4 aromatic rings. The van der Waals surface area contributed by atoms with Crippen LogP contribution in [0.5, 0.6) is 0 Å². The molecule has 0 saturated heterocycles. The molecule has 0 aliphatic carbocycles. The van der Waals surface area contributed by atoms with Crippen LogP contribution in [0.3, 0.4) is 0 Å². The third kappa shape index (κ3) is 2.78. The number of aromatic nitrogens is 2. The van der Waals surface area contributed by atoms with Gasteiger partial charge in [0, 0.05) is 0 Å². The predicted molar refractivity (Wildman–Crippen MR) is 94.2 cm³/mol. The van der Waals surface area contributed by atoms with E-state index in [1.807, 2.05) is 17.5 Å². The minimum Gasteiger partial charge on any atom is -0.335 e. The fraction of sp³-hybridized carbons (Fsp3) is 0.0556. The molecule has 1 amide bonds. The number of pyridine rings is 1. The molecule has 0 bridgehead atoms. The minimum absolute atomic E-state index is 0.115. The van der Waals surface area contributed by atoms with E-state index < -0.39 is 11.7 Å². The van der Waals surface area contributed by atoms with Gasteiger partial charge >= 0.3 is 0 Å². The molecule has 0 aliphatic rings. The Morgan fingerprint density at radius 3 is 2.84 bits per heavy atom. The molecule has 3 aromatic heterocycles. The highest BCUT2D eigenvalue weighted by Gasteiger charge is 2.20. The number of para-hydroxylation sites is 1. The van der Waals surface area contributed by atoms with Crippen molar-refractivity contribution in [2.45, 2.75) is 6.92 Å². The van der Waals surface area contributed by atoms with Gasteiger partial charge in [-0.1, -0.05) is 23.4 Å². The highest BCUT2D eigenvalue weighted by Crippen LogP contribution is 2.30. The van der Waals surface area contributed by atoms with Crippen LogP contribution in [0, 0.1) is 12.7 Å². The van der Waals surface area contributed by atoms with Gasteiger partial charge in [0.25, 0.3) is 11.6 Å². The number of amides is 1. The topological polar surface area (TPSA) is 68.0 Å². The molecule has 1 aromatic carbocycles. The van der Waals surface area contributed by atoms with Gasteiger partial charge in [0.05, 0.1) is 32.9 Å². The first-order valence-electron chi connectivity index (χ1n) is 7.50. The zero-order valence-electron chi connectivity index (χ0n) is 13.1. The van der Waals surface area contributed by atoms with Crippen LogP contribution in [0.25, 0.3) is 21.7 Å². The van der Waals surface area contributed by atoms with Gasteiger partial charge in [-0.15, -0.1) is 11.3 Å². The lowest BCUT2D eigenvalue weighted by molar-refractivity contribution is 0.102. The van der Waals surface area contributed by atoms with Crippen molar-refractivity contribution in [3.63, 3.8) is 0 Å². The van der Waals surface area contributed by atoms with E-state index in [9.17, 15) is 9.18 Å². The molecule has 0 saturated carbocycles. The molecule has 4 rings (SSSR count).